The van der Waals surface area contributed by atoms with E-state index in [0.29, 0.717) is 17.9 Å². The van der Waals surface area contributed by atoms with E-state index in [1.807, 2.05) is 6.92 Å². The Morgan fingerprint density at radius 2 is 1.82 bits per heavy atom. The molecule has 0 spiro atoms. The maximum Gasteiger partial charge on any atom is 0.306 e. The lowest BCUT2D eigenvalue weighted by molar-refractivity contribution is -0.142. The summed E-state index contributed by atoms with van der Waals surface area (Å²) in [7, 11) is 1.25. The second-order valence-electron chi connectivity index (χ2n) is 4.42. The van der Waals surface area contributed by atoms with Gasteiger partial charge < -0.3 is 9.47 Å². The van der Waals surface area contributed by atoms with Gasteiger partial charge in [0.2, 0.25) is 5.91 Å². The lowest BCUT2D eigenvalue weighted by Crippen LogP contribution is -2.41. The van der Waals surface area contributed by atoms with Crippen LogP contribution in [0.2, 0.25) is 0 Å². The number of benzene rings is 1. The van der Waals surface area contributed by atoms with Crippen molar-refractivity contribution in [3.63, 3.8) is 0 Å². The third-order valence-electron chi connectivity index (χ3n) is 2.69. The summed E-state index contributed by atoms with van der Waals surface area (Å²) in [6, 6.07) is 6.74. The number of esters is 1. The van der Waals surface area contributed by atoms with Crippen molar-refractivity contribution < 1.29 is 23.9 Å². The Morgan fingerprint density at radius 1 is 1.09 bits per heavy atom. The molecule has 0 aliphatic rings. The quantitative estimate of drug-likeness (QED) is 0.583. The van der Waals surface area contributed by atoms with Crippen molar-refractivity contribution in [1.29, 1.82) is 0 Å². The predicted octanol–water partition coefficient (Wildman–Crippen LogP) is 1.19. The van der Waals surface area contributed by atoms with Gasteiger partial charge in [0.1, 0.15) is 5.75 Å². The first kappa shape index (κ1) is 17.5. The highest BCUT2D eigenvalue weighted by Gasteiger charge is 2.13. The van der Waals surface area contributed by atoms with Crippen LogP contribution in [0.25, 0.3) is 0 Å². The predicted molar refractivity (Wildman–Crippen MR) is 79.1 cm³/mol. The van der Waals surface area contributed by atoms with Crippen molar-refractivity contribution in [2.24, 2.45) is 0 Å². The fraction of sp³-hybridized carbons (Fsp3) is 0.400. The van der Waals surface area contributed by atoms with E-state index in [9.17, 15) is 14.4 Å². The molecule has 0 saturated heterocycles. The highest BCUT2D eigenvalue weighted by atomic mass is 16.5. The summed E-state index contributed by atoms with van der Waals surface area (Å²) in [5, 5.41) is 0. The molecule has 1 aromatic carbocycles. The number of hydrogen-bond donors (Lipinski definition) is 2. The van der Waals surface area contributed by atoms with E-state index in [0.717, 1.165) is 6.42 Å². The van der Waals surface area contributed by atoms with E-state index in [2.05, 4.69) is 15.6 Å². The third kappa shape index (κ3) is 5.82. The minimum absolute atomic E-state index is 0.0472. The molecule has 0 atom stereocenters. The van der Waals surface area contributed by atoms with Crippen LogP contribution in [0, 0.1) is 0 Å². The molecule has 0 unspecified atom stereocenters. The van der Waals surface area contributed by atoms with Crippen molar-refractivity contribution in [2.75, 3.05) is 13.7 Å². The number of ether oxygens (including phenoxy) is 2. The van der Waals surface area contributed by atoms with Gasteiger partial charge in [-0.25, -0.2) is 0 Å². The van der Waals surface area contributed by atoms with E-state index in [-0.39, 0.29) is 12.8 Å². The molecule has 0 heterocycles. The number of rotatable bonds is 7. The highest BCUT2D eigenvalue weighted by Crippen LogP contribution is 2.17. The van der Waals surface area contributed by atoms with Crippen molar-refractivity contribution in [3.05, 3.63) is 29.8 Å². The van der Waals surface area contributed by atoms with Crippen LogP contribution in [-0.4, -0.2) is 31.5 Å². The van der Waals surface area contributed by atoms with Crippen LogP contribution < -0.4 is 15.6 Å². The molecule has 1 aromatic rings. The first-order chi connectivity index (χ1) is 10.6. The summed E-state index contributed by atoms with van der Waals surface area (Å²) < 4.78 is 9.90. The van der Waals surface area contributed by atoms with Crippen LogP contribution in [0.3, 0.4) is 0 Å². The van der Waals surface area contributed by atoms with Crippen LogP contribution in [0.15, 0.2) is 24.3 Å². The molecule has 120 valence electrons. The number of methoxy groups -OCH3 is 1. The molecule has 0 fully saturated rings. The Morgan fingerprint density at radius 3 is 2.50 bits per heavy atom. The molecule has 0 aromatic heterocycles. The minimum atomic E-state index is -0.488. The molecule has 0 radical (unpaired) electrons. The zero-order valence-electron chi connectivity index (χ0n) is 12.7. The van der Waals surface area contributed by atoms with E-state index < -0.39 is 17.8 Å². The number of nitrogens with one attached hydrogen (secondary N) is 2. The fourth-order valence-corrected chi connectivity index (χ4v) is 1.57. The monoisotopic (exact) mass is 308 g/mol. The Hall–Kier alpha value is -2.57. The summed E-state index contributed by atoms with van der Waals surface area (Å²) >= 11 is 0. The average Bonchev–Trinajstić information content (AvgIpc) is 2.55. The Bertz CT molecular complexity index is 530. The van der Waals surface area contributed by atoms with Gasteiger partial charge in [-0.05, 0) is 18.6 Å². The van der Waals surface area contributed by atoms with Gasteiger partial charge in [-0.1, -0.05) is 19.1 Å². The molecule has 0 aliphatic carbocycles. The molecular weight excluding hydrogens is 288 g/mol. The molecule has 2 N–H and O–H groups in total. The van der Waals surface area contributed by atoms with E-state index >= 15 is 0 Å². The molecule has 2 amide bonds. The summed E-state index contributed by atoms with van der Waals surface area (Å²) in [5.74, 6) is -1.01. The van der Waals surface area contributed by atoms with Gasteiger partial charge in [0.15, 0.2) is 0 Å². The maximum absolute atomic E-state index is 12.0. The van der Waals surface area contributed by atoms with E-state index in [1.165, 1.54) is 7.11 Å². The summed E-state index contributed by atoms with van der Waals surface area (Å²) in [4.78, 5) is 34.4. The summed E-state index contributed by atoms with van der Waals surface area (Å²) in [5.41, 5.74) is 4.85. The molecular formula is C15H20N2O5. The number of hydrogen-bond acceptors (Lipinski definition) is 5. The molecule has 0 saturated carbocycles. The van der Waals surface area contributed by atoms with Crippen molar-refractivity contribution >= 4 is 17.8 Å². The molecule has 0 aliphatic heterocycles. The zero-order chi connectivity index (χ0) is 16.4. The lowest BCUT2D eigenvalue weighted by atomic mass is 10.2. The zero-order valence-corrected chi connectivity index (χ0v) is 12.7. The number of carbonyl (C=O) groups is 3. The average molecular weight is 308 g/mol. The molecule has 7 nitrogen and oxygen atoms in total. The lowest BCUT2D eigenvalue weighted by Gasteiger charge is -2.11. The second-order valence-corrected chi connectivity index (χ2v) is 4.42. The van der Waals surface area contributed by atoms with Crippen molar-refractivity contribution in [3.8, 4) is 5.75 Å². The standard InChI is InChI=1S/C15H20N2O5/c1-3-10-22-12-7-5-4-6-11(12)15(20)17-16-13(18)8-9-14(19)21-2/h4-7H,3,8-10H2,1-2H3,(H,16,18)(H,17,20). The maximum atomic E-state index is 12.0. The second kappa shape index (κ2) is 9.38. The van der Waals surface area contributed by atoms with Gasteiger partial charge in [0, 0.05) is 6.42 Å². The molecule has 1 rings (SSSR count). The van der Waals surface area contributed by atoms with E-state index in [4.69, 9.17) is 4.74 Å². The van der Waals surface area contributed by atoms with Crippen LogP contribution in [0.1, 0.15) is 36.5 Å². The van der Waals surface area contributed by atoms with Crippen LogP contribution in [0.4, 0.5) is 0 Å². The fourth-order valence-electron chi connectivity index (χ4n) is 1.57. The van der Waals surface area contributed by atoms with Gasteiger partial charge in [0.05, 0.1) is 25.7 Å². The topological polar surface area (TPSA) is 93.7 Å². The van der Waals surface area contributed by atoms with Crippen molar-refractivity contribution in [1.82, 2.24) is 10.9 Å². The number of hydrazine groups is 1. The first-order valence-electron chi connectivity index (χ1n) is 6.96. The van der Waals surface area contributed by atoms with Gasteiger partial charge >= 0.3 is 5.97 Å². The summed E-state index contributed by atoms with van der Waals surface area (Å²) in [6.07, 6.45) is 0.704. The van der Waals surface area contributed by atoms with E-state index in [1.54, 1.807) is 24.3 Å². The van der Waals surface area contributed by atoms with Gasteiger partial charge in [-0.2, -0.15) is 0 Å². The normalized spacial score (nSPS) is 9.73. The first-order valence-corrected chi connectivity index (χ1v) is 6.96. The number of carbonyl (C=O) groups excluding carboxylic acids is 3. The highest BCUT2D eigenvalue weighted by molar-refractivity contribution is 5.97. The van der Waals surface area contributed by atoms with Crippen LogP contribution >= 0.6 is 0 Å². The number of para-hydroxylation sites is 1. The molecule has 0 bridgehead atoms. The smallest absolute Gasteiger partial charge is 0.306 e. The largest absolute Gasteiger partial charge is 0.493 e. The Labute approximate surface area is 128 Å². The van der Waals surface area contributed by atoms with Gasteiger partial charge in [0.25, 0.3) is 5.91 Å². The SMILES string of the molecule is CCCOc1ccccc1C(=O)NNC(=O)CCC(=O)OC. The Balaban J connectivity index is 2.51. The molecule has 7 heteroatoms. The van der Waals surface area contributed by atoms with Crippen LogP contribution in [0.5, 0.6) is 5.75 Å². The van der Waals surface area contributed by atoms with Gasteiger partial charge in [-0.3, -0.25) is 25.2 Å². The summed E-state index contributed by atoms with van der Waals surface area (Å²) in [6.45, 7) is 2.46. The molecule has 22 heavy (non-hydrogen) atoms. The third-order valence-corrected chi connectivity index (χ3v) is 2.69. The Kier molecular flexibility index (Phi) is 7.45. The van der Waals surface area contributed by atoms with Gasteiger partial charge in [-0.15, -0.1) is 0 Å². The van der Waals surface area contributed by atoms with Crippen molar-refractivity contribution in [2.45, 2.75) is 26.2 Å². The number of amides is 2. The minimum Gasteiger partial charge on any atom is -0.493 e. The van der Waals surface area contributed by atoms with Crippen LogP contribution in [-0.2, 0) is 14.3 Å².